The van der Waals surface area contributed by atoms with Crippen molar-refractivity contribution in [1.29, 1.82) is 0 Å². The van der Waals surface area contributed by atoms with Crippen molar-refractivity contribution in [2.24, 2.45) is 0 Å². The van der Waals surface area contributed by atoms with E-state index in [1.54, 1.807) is 13.3 Å². The first-order valence-corrected chi connectivity index (χ1v) is 10.1. The van der Waals surface area contributed by atoms with Crippen LogP contribution < -0.4 is 4.74 Å². The molecule has 0 bridgehead atoms. The zero-order valence-corrected chi connectivity index (χ0v) is 17.1. The summed E-state index contributed by atoms with van der Waals surface area (Å²) in [6.07, 6.45) is 4.51. The van der Waals surface area contributed by atoms with Gasteiger partial charge in [-0.15, -0.1) is 0 Å². The summed E-state index contributed by atoms with van der Waals surface area (Å²) < 4.78 is 11.4. The van der Waals surface area contributed by atoms with Crippen molar-refractivity contribution in [3.63, 3.8) is 0 Å². The Balaban J connectivity index is 1.46. The molecule has 1 saturated heterocycles. The summed E-state index contributed by atoms with van der Waals surface area (Å²) in [5.41, 5.74) is 1.99. The van der Waals surface area contributed by atoms with E-state index in [9.17, 15) is 4.79 Å². The number of methoxy groups -OCH3 is 1. The summed E-state index contributed by atoms with van der Waals surface area (Å²) in [4.78, 5) is 19.3. The van der Waals surface area contributed by atoms with Gasteiger partial charge in [-0.2, -0.15) is 0 Å². The van der Waals surface area contributed by atoms with Gasteiger partial charge in [0.15, 0.2) is 0 Å². The highest BCUT2D eigenvalue weighted by Crippen LogP contribution is 2.33. The summed E-state index contributed by atoms with van der Waals surface area (Å²) in [5.74, 6) is 2.19. The lowest BCUT2D eigenvalue weighted by molar-refractivity contribution is -0.131. The number of halogens is 1. The Labute approximate surface area is 175 Å². The molecule has 1 aliphatic heterocycles. The highest BCUT2D eigenvalue weighted by Gasteiger charge is 2.33. The van der Waals surface area contributed by atoms with E-state index in [2.05, 4.69) is 4.98 Å². The molecule has 150 valence electrons. The number of ether oxygens (including phenoxy) is 1. The number of hydrogen-bond donors (Lipinski definition) is 0. The molecular formula is C23H23ClN2O3. The van der Waals surface area contributed by atoms with Gasteiger partial charge in [-0.25, -0.2) is 4.98 Å². The summed E-state index contributed by atoms with van der Waals surface area (Å²) >= 11 is 5.95. The third-order valence-electron chi connectivity index (χ3n) is 5.26. The maximum Gasteiger partial charge on any atom is 0.227 e. The van der Waals surface area contributed by atoms with Crippen LogP contribution >= 0.6 is 11.6 Å². The normalized spacial score (nSPS) is 16.2. The maximum atomic E-state index is 13.0. The van der Waals surface area contributed by atoms with Gasteiger partial charge < -0.3 is 14.1 Å². The Morgan fingerprint density at radius 2 is 2.03 bits per heavy atom. The van der Waals surface area contributed by atoms with E-state index in [0.29, 0.717) is 30.3 Å². The number of carbonyl (C=O) groups excluding carboxylic acids is 1. The highest BCUT2D eigenvalue weighted by atomic mass is 35.5. The smallest absolute Gasteiger partial charge is 0.227 e. The lowest BCUT2D eigenvalue weighted by atomic mass is 10.1. The van der Waals surface area contributed by atoms with Gasteiger partial charge in [-0.3, -0.25) is 4.79 Å². The van der Waals surface area contributed by atoms with Gasteiger partial charge in [0.1, 0.15) is 17.6 Å². The fourth-order valence-electron chi connectivity index (χ4n) is 3.80. The summed E-state index contributed by atoms with van der Waals surface area (Å²) in [5, 5.41) is 0.710. The quantitative estimate of drug-likeness (QED) is 0.583. The first-order valence-electron chi connectivity index (χ1n) is 9.74. The van der Waals surface area contributed by atoms with Crippen LogP contribution in [-0.4, -0.2) is 29.4 Å². The number of hydrogen-bond acceptors (Lipinski definition) is 4. The van der Waals surface area contributed by atoms with Crippen LogP contribution in [0.5, 0.6) is 5.75 Å². The Hall–Kier alpha value is -2.79. The average molecular weight is 411 g/mol. The first-order chi connectivity index (χ1) is 14.1. The molecule has 1 fully saturated rings. The molecule has 1 atom stereocenters. The van der Waals surface area contributed by atoms with E-state index in [4.69, 9.17) is 20.8 Å². The molecule has 0 radical (unpaired) electrons. The molecule has 6 heteroatoms. The molecule has 5 nitrogen and oxygen atoms in total. The molecule has 0 spiro atoms. The summed E-state index contributed by atoms with van der Waals surface area (Å²) in [6, 6.07) is 15.2. The molecule has 0 aliphatic carbocycles. The van der Waals surface area contributed by atoms with Gasteiger partial charge in [-0.05, 0) is 36.6 Å². The minimum atomic E-state index is -0.115. The Morgan fingerprint density at radius 1 is 1.24 bits per heavy atom. The minimum Gasteiger partial charge on any atom is -0.496 e. The van der Waals surface area contributed by atoms with Crippen LogP contribution in [0.25, 0.3) is 0 Å². The van der Waals surface area contributed by atoms with E-state index in [-0.39, 0.29) is 11.9 Å². The second-order valence-corrected chi connectivity index (χ2v) is 7.64. The molecular weight excluding hydrogens is 388 g/mol. The fraction of sp³-hybridized carbons (Fsp3) is 0.304. The number of benzene rings is 2. The van der Waals surface area contributed by atoms with Crippen molar-refractivity contribution in [2.75, 3.05) is 13.7 Å². The molecule has 0 saturated carbocycles. The van der Waals surface area contributed by atoms with Crippen molar-refractivity contribution < 1.29 is 13.9 Å². The minimum absolute atomic E-state index is 0.0643. The van der Waals surface area contributed by atoms with Gasteiger partial charge in [-0.1, -0.05) is 41.9 Å². The van der Waals surface area contributed by atoms with E-state index in [1.807, 2.05) is 53.4 Å². The third kappa shape index (κ3) is 4.46. The predicted molar refractivity (Wildman–Crippen MR) is 111 cm³/mol. The van der Waals surface area contributed by atoms with Crippen molar-refractivity contribution in [2.45, 2.75) is 31.7 Å². The molecule has 2 aromatic carbocycles. The molecule has 2 heterocycles. The Kier molecular flexibility index (Phi) is 5.86. The number of nitrogens with zero attached hydrogens (tertiary/aromatic N) is 2. The Morgan fingerprint density at radius 3 is 2.83 bits per heavy atom. The van der Waals surface area contributed by atoms with Crippen molar-refractivity contribution >= 4 is 17.5 Å². The van der Waals surface area contributed by atoms with Crippen LogP contribution in [0.2, 0.25) is 5.02 Å². The highest BCUT2D eigenvalue weighted by molar-refractivity contribution is 6.30. The van der Waals surface area contributed by atoms with Crippen LogP contribution in [-0.2, 0) is 17.6 Å². The summed E-state index contributed by atoms with van der Waals surface area (Å²) in [6.45, 7) is 0.716. The Bertz CT molecular complexity index is 984. The van der Waals surface area contributed by atoms with Gasteiger partial charge in [0.25, 0.3) is 0 Å². The molecule has 0 unspecified atom stereocenters. The molecule has 1 amide bonds. The standard InChI is InChI=1S/C23H23ClN2O3/c1-28-21-7-3-2-5-17(21)14-22(27)26-12-4-6-20(26)23-25-15-19(29-23)13-16-8-10-18(24)11-9-16/h2-3,5,7-11,15,20H,4,6,12-14H2,1H3/t20-/m1/s1. The molecule has 4 rings (SSSR count). The van der Waals surface area contributed by atoms with Gasteiger partial charge >= 0.3 is 0 Å². The lowest BCUT2D eigenvalue weighted by Gasteiger charge is -2.22. The third-order valence-corrected chi connectivity index (χ3v) is 5.51. The van der Waals surface area contributed by atoms with Crippen LogP contribution in [0.1, 0.15) is 41.7 Å². The molecule has 1 aromatic heterocycles. The SMILES string of the molecule is COc1ccccc1CC(=O)N1CCC[C@@H]1c1ncc(Cc2ccc(Cl)cc2)o1. The van der Waals surface area contributed by atoms with E-state index in [1.165, 1.54) is 0 Å². The topological polar surface area (TPSA) is 55.6 Å². The van der Waals surface area contributed by atoms with E-state index < -0.39 is 0 Å². The zero-order chi connectivity index (χ0) is 20.2. The monoisotopic (exact) mass is 410 g/mol. The van der Waals surface area contributed by atoms with E-state index >= 15 is 0 Å². The number of para-hydroxylation sites is 1. The van der Waals surface area contributed by atoms with Crippen LogP contribution in [0, 0.1) is 0 Å². The number of amides is 1. The van der Waals surface area contributed by atoms with E-state index in [0.717, 1.165) is 35.5 Å². The van der Waals surface area contributed by atoms with Crippen LogP contribution in [0.4, 0.5) is 0 Å². The molecule has 0 N–H and O–H groups in total. The molecule has 3 aromatic rings. The van der Waals surface area contributed by atoms with Crippen LogP contribution in [0.15, 0.2) is 59.1 Å². The second kappa shape index (κ2) is 8.70. The number of carbonyl (C=O) groups is 1. The first kappa shape index (κ1) is 19.5. The van der Waals surface area contributed by atoms with Crippen molar-refractivity contribution in [3.8, 4) is 5.75 Å². The van der Waals surface area contributed by atoms with Gasteiger partial charge in [0.05, 0.1) is 19.7 Å². The largest absolute Gasteiger partial charge is 0.496 e. The van der Waals surface area contributed by atoms with Gasteiger partial charge in [0, 0.05) is 23.6 Å². The fourth-order valence-corrected chi connectivity index (χ4v) is 3.92. The lowest BCUT2D eigenvalue weighted by Crippen LogP contribution is -2.32. The van der Waals surface area contributed by atoms with Gasteiger partial charge in [0.2, 0.25) is 11.8 Å². The van der Waals surface area contributed by atoms with Crippen molar-refractivity contribution in [1.82, 2.24) is 9.88 Å². The second-order valence-electron chi connectivity index (χ2n) is 7.20. The number of likely N-dealkylation sites (tertiary alicyclic amines) is 1. The predicted octanol–water partition coefficient (Wildman–Crippen LogP) is 4.83. The maximum absolute atomic E-state index is 13.0. The van der Waals surface area contributed by atoms with Crippen molar-refractivity contribution in [3.05, 3.63) is 82.5 Å². The molecule has 1 aliphatic rings. The van der Waals surface area contributed by atoms with Crippen LogP contribution in [0.3, 0.4) is 0 Å². The number of aromatic nitrogens is 1. The average Bonchev–Trinajstić information content (AvgIpc) is 3.39. The zero-order valence-electron chi connectivity index (χ0n) is 16.3. The number of oxazole rings is 1. The molecule has 29 heavy (non-hydrogen) atoms. The summed E-state index contributed by atoms with van der Waals surface area (Å²) in [7, 11) is 1.62. The number of rotatable bonds is 6.